The van der Waals surface area contributed by atoms with Crippen LogP contribution in [0.15, 0.2) is 24.3 Å². The van der Waals surface area contributed by atoms with Crippen LogP contribution in [0.3, 0.4) is 0 Å². The van der Waals surface area contributed by atoms with E-state index in [9.17, 15) is 4.79 Å². The highest BCUT2D eigenvalue weighted by Gasteiger charge is 2.21. The Morgan fingerprint density at radius 2 is 2.05 bits per heavy atom. The molecule has 0 radical (unpaired) electrons. The first-order valence-electron chi connectivity index (χ1n) is 7.33. The van der Waals surface area contributed by atoms with Gasteiger partial charge >= 0.3 is 0 Å². The van der Waals surface area contributed by atoms with Crippen molar-refractivity contribution < 1.29 is 9.53 Å². The number of methoxy groups -OCH3 is 1. The molecular weight excluding hydrogens is 252 g/mol. The van der Waals surface area contributed by atoms with Crippen LogP contribution < -0.4 is 10.2 Å². The number of hydrogen-bond donors (Lipinski definition) is 1. The van der Waals surface area contributed by atoms with Crippen LogP contribution in [0.4, 0.5) is 11.4 Å². The van der Waals surface area contributed by atoms with E-state index in [1.54, 1.807) is 7.11 Å². The molecule has 0 bridgehead atoms. The molecule has 110 valence electrons. The van der Waals surface area contributed by atoms with E-state index in [1.165, 1.54) is 25.7 Å². The summed E-state index contributed by atoms with van der Waals surface area (Å²) in [5.74, 6) is -0.000813. The molecule has 0 aliphatic heterocycles. The molecular formula is C16H24N2O2. The Morgan fingerprint density at radius 1 is 1.35 bits per heavy atom. The molecule has 1 N–H and O–H groups in total. The topological polar surface area (TPSA) is 41.6 Å². The van der Waals surface area contributed by atoms with Crippen molar-refractivity contribution in [3.05, 3.63) is 24.3 Å². The van der Waals surface area contributed by atoms with Gasteiger partial charge in [0.05, 0.1) is 24.4 Å². The molecule has 0 atom stereocenters. The summed E-state index contributed by atoms with van der Waals surface area (Å²) in [5, 5.41) is 2.99. The number of rotatable bonds is 6. The van der Waals surface area contributed by atoms with Gasteiger partial charge in [-0.1, -0.05) is 25.0 Å². The molecule has 4 nitrogen and oxygen atoms in total. The van der Waals surface area contributed by atoms with E-state index in [0.29, 0.717) is 19.1 Å². The minimum absolute atomic E-state index is 0.000813. The zero-order valence-corrected chi connectivity index (χ0v) is 12.4. The van der Waals surface area contributed by atoms with Crippen molar-refractivity contribution in [2.75, 3.05) is 31.0 Å². The van der Waals surface area contributed by atoms with Crippen molar-refractivity contribution in [2.24, 2.45) is 0 Å². The molecule has 1 aromatic rings. The Bertz CT molecular complexity index is 442. The Labute approximate surface area is 121 Å². The molecule has 4 heteroatoms. The molecule has 1 fully saturated rings. The lowest BCUT2D eigenvalue weighted by Crippen LogP contribution is -2.30. The van der Waals surface area contributed by atoms with Crippen molar-refractivity contribution in [1.82, 2.24) is 0 Å². The number of carbonyl (C=O) groups excluding carboxylic acids is 1. The summed E-state index contributed by atoms with van der Waals surface area (Å²) < 4.78 is 4.94. The Hall–Kier alpha value is -1.55. The highest BCUT2D eigenvalue weighted by Crippen LogP contribution is 2.31. The number of benzene rings is 1. The predicted octanol–water partition coefficient (Wildman–Crippen LogP) is 3.04. The number of nitrogens with zero attached hydrogens (tertiary/aromatic N) is 1. The average Bonchev–Trinajstić information content (AvgIpc) is 2.99. The second kappa shape index (κ2) is 7.29. The number of ether oxygens (including phenoxy) is 1. The van der Waals surface area contributed by atoms with Crippen LogP contribution in [0.1, 0.15) is 32.1 Å². The zero-order valence-electron chi connectivity index (χ0n) is 12.4. The number of anilines is 2. The molecule has 0 aromatic heterocycles. The van der Waals surface area contributed by atoms with E-state index >= 15 is 0 Å². The van der Waals surface area contributed by atoms with Gasteiger partial charge in [-0.2, -0.15) is 0 Å². The van der Waals surface area contributed by atoms with Crippen LogP contribution in [0.25, 0.3) is 0 Å². The first kappa shape index (κ1) is 14.9. The largest absolute Gasteiger partial charge is 0.384 e. The maximum Gasteiger partial charge on any atom is 0.226 e. The van der Waals surface area contributed by atoms with Crippen LogP contribution in [0, 0.1) is 0 Å². The van der Waals surface area contributed by atoms with Gasteiger partial charge in [0.2, 0.25) is 5.91 Å². The van der Waals surface area contributed by atoms with E-state index in [0.717, 1.165) is 11.4 Å². The van der Waals surface area contributed by atoms with Gasteiger partial charge in [0.15, 0.2) is 0 Å². The van der Waals surface area contributed by atoms with Crippen molar-refractivity contribution in [3.8, 4) is 0 Å². The summed E-state index contributed by atoms with van der Waals surface area (Å²) >= 11 is 0. The Morgan fingerprint density at radius 3 is 2.75 bits per heavy atom. The normalized spacial score (nSPS) is 15.3. The quantitative estimate of drug-likeness (QED) is 0.868. The van der Waals surface area contributed by atoms with Gasteiger partial charge < -0.3 is 15.0 Å². The Kier molecular flexibility index (Phi) is 5.41. The molecule has 1 aliphatic carbocycles. The number of carbonyl (C=O) groups is 1. The highest BCUT2D eigenvalue weighted by atomic mass is 16.5. The predicted molar refractivity (Wildman–Crippen MR) is 82.2 cm³/mol. The molecule has 1 aromatic carbocycles. The highest BCUT2D eigenvalue weighted by molar-refractivity contribution is 5.94. The molecule has 0 saturated heterocycles. The lowest BCUT2D eigenvalue weighted by atomic mass is 10.1. The third kappa shape index (κ3) is 3.73. The lowest BCUT2D eigenvalue weighted by molar-refractivity contribution is -0.117. The maximum absolute atomic E-state index is 11.9. The third-order valence-corrected chi connectivity index (χ3v) is 3.96. The molecule has 0 unspecified atom stereocenters. The van der Waals surface area contributed by atoms with E-state index in [4.69, 9.17) is 4.74 Å². The molecule has 1 amide bonds. The van der Waals surface area contributed by atoms with Crippen molar-refractivity contribution >= 4 is 17.3 Å². The van der Waals surface area contributed by atoms with Gasteiger partial charge in [-0.3, -0.25) is 4.79 Å². The minimum atomic E-state index is -0.000813. The molecule has 20 heavy (non-hydrogen) atoms. The van der Waals surface area contributed by atoms with Crippen LogP contribution >= 0.6 is 0 Å². The maximum atomic E-state index is 11.9. The van der Waals surface area contributed by atoms with Crippen molar-refractivity contribution in [1.29, 1.82) is 0 Å². The Balaban J connectivity index is 2.07. The zero-order chi connectivity index (χ0) is 14.4. The van der Waals surface area contributed by atoms with Crippen molar-refractivity contribution in [3.63, 3.8) is 0 Å². The van der Waals surface area contributed by atoms with Crippen molar-refractivity contribution in [2.45, 2.75) is 38.1 Å². The molecule has 2 rings (SSSR count). The summed E-state index contributed by atoms with van der Waals surface area (Å²) in [7, 11) is 3.73. The van der Waals surface area contributed by atoms with E-state index in [-0.39, 0.29) is 5.91 Å². The van der Waals surface area contributed by atoms with E-state index < -0.39 is 0 Å². The second-order valence-corrected chi connectivity index (χ2v) is 5.36. The van der Waals surface area contributed by atoms with Crippen LogP contribution in [0.5, 0.6) is 0 Å². The summed E-state index contributed by atoms with van der Waals surface area (Å²) in [6.45, 7) is 0.451. The first-order valence-corrected chi connectivity index (χ1v) is 7.33. The van der Waals surface area contributed by atoms with Gasteiger partial charge in [0.1, 0.15) is 0 Å². The van der Waals surface area contributed by atoms with Gasteiger partial charge in [-0.05, 0) is 25.0 Å². The monoisotopic (exact) mass is 276 g/mol. The van der Waals surface area contributed by atoms with Gasteiger partial charge in [0.25, 0.3) is 0 Å². The van der Waals surface area contributed by atoms with E-state index in [2.05, 4.69) is 23.3 Å². The summed E-state index contributed by atoms with van der Waals surface area (Å²) in [6, 6.07) is 8.60. The first-order chi connectivity index (χ1) is 9.72. The molecule has 1 aliphatic rings. The van der Waals surface area contributed by atoms with Crippen LogP contribution in [-0.2, 0) is 9.53 Å². The molecule has 0 spiro atoms. The number of amides is 1. The van der Waals surface area contributed by atoms with Gasteiger partial charge in [-0.15, -0.1) is 0 Å². The van der Waals surface area contributed by atoms with Crippen LogP contribution in [0.2, 0.25) is 0 Å². The second-order valence-electron chi connectivity index (χ2n) is 5.36. The minimum Gasteiger partial charge on any atom is -0.384 e. The fourth-order valence-corrected chi connectivity index (χ4v) is 2.78. The third-order valence-electron chi connectivity index (χ3n) is 3.96. The molecule has 1 saturated carbocycles. The number of para-hydroxylation sites is 2. The number of nitrogens with one attached hydrogen (secondary N) is 1. The van der Waals surface area contributed by atoms with Gasteiger partial charge in [0, 0.05) is 20.2 Å². The average molecular weight is 276 g/mol. The summed E-state index contributed by atoms with van der Waals surface area (Å²) in [5.41, 5.74) is 1.99. The summed E-state index contributed by atoms with van der Waals surface area (Å²) in [4.78, 5) is 14.2. The SMILES string of the molecule is COCCC(=O)Nc1ccccc1N(C)C1CCCC1. The number of hydrogen-bond acceptors (Lipinski definition) is 3. The summed E-state index contributed by atoms with van der Waals surface area (Å²) in [6.07, 6.45) is 5.47. The fraction of sp³-hybridized carbons (Fsp3) is 0.562. The smallest absolute Gasteiger partial charge is 0.226 e. The van der Waals surface area contributed by atoms with E-state index in [1.807, 2.05) is 18.2 Å². The lowest BCUT2D eigenvalue weighted by Gasteiger charge is -2.28. The fourth-order valence-electron chi connectivity index (χ4n) is 2.78. The molecule has 0 heterocycles. The van der Waals surface area contributed by atoms with Crippen LogP contribution in [-0.4, -0.2) is 32.7 Å². The van der Waals surface area contributed by atoms with Gasteiger partial charge in [-0.25, -0.2) is 0 Å². The standard InChI is InChI=1S/C16H24N2O2/c1-18(13-7-3-4-8-13)15-10-6-5-9-14(15)17-16(19)11-12-20-2/h5-6,9-10,13H,3-4,7-8,11-12H2,1-2H3,(H,17,19).